The van der Waals surface area contributed by atoms with E-state index in [0.717, 1.165) is 4.47 Å². The molecule has 1 N–H and O–H groups in total. The van der Waals surface area contributed by atoms with Crippen molar-refractivity contribution in [3.63, 3.8) is 0 Å². The molecule has 0 bridgehead atoms. The Morgan fingerprint density at radius 2 is 1.58 bits per heavy atom. The van der Waals surface area contributed by atoms with Crippen LogP contribution in [0.25, 0.3) is 0 Å². The molecule has 0 saturated carbocycles. The van der Waals surface area contributed by atoms with Gasteiger partial charge in [-0.1, -0.05) is 15.9 Å². The van der Waals surface area contributed by atoms with Gasteiger partial charge in [-0.25, -0.2) is 0 Å². The average Bonchev–Trinajstić information content (AvgIpc) is 1.86. The Morgan fingerprint density at radius 3 is 1.92 bits per heavy atom. The van der Waals surface area contributed by atoms with Gasteiger partial charge in [0.15, 0.2) is 0 Å². The van der Waals surface area contributed by atoms with Crippen molar-refractivity contribution in [1.82, 2.24) is 0 Å². The Balaban J connectivity index is 0.00000121. The number of benzene rings is 1. The van der Waals surface area contributed by atoms with Crippen molar-refractivity contribution >= 4 is 51.9 Å². The van der Waals surface area contributed by atoms with Crippen LogP contribution in [0.15, 0.2) is 33.6 Å². The fraction of sp³-hybridized carbons (Fsp3) is 0. The second kappa shape index (κ2) is 4.64. The van der Waals surface area contributed by atoms with E-state index in [9.17, 15) is 8.42 Å². The minimum absolute atomic E-state index is 0. The van der Waals surface area contributed by atoms with Gasteiger partial charge in [0.25, 0.3) is 10.1 Å². The van der Waals surface area contributed by atoms with Gasteiger partial charge in [0.05, 0.1) is 4.90 Å². The molecule has 0 aliphatic carbocycles. The molecule has 0 atom stereocenters. The zero-order valence-electron chi connectivity index (χ0n) is 5.36. The monoisotopic (exact) mass is 354 g/mol. The normalized spacial score (nSPS) is 10.5. The van der Waals surface area contributed by atoms with Gasteiger partial charge in [-0.3, -0.25) is 4.55 Å². The predicted octanol–water partition coefficient (Wildman–Crippen LogP) is 0.512. The molecule has 12 heavy (non-hydrogen) atoms. The molecule has 0 unspecified atom stereocenters. The van der Waals surface area contributed by atoms with Crippen LogP contribution in [-0.4, -0.2) is 38.8 Å². The van der Waals surface area contributed by atoms with E-state index in [1.54, 1.807) is 12.1 Å². The standard InChI is InChI=1S/C6H5BrO3S.In.3H/c7-5-1-3-6(4-2-5)11(8,9)10;;;;/h1-4H,(H,8,9,10);;;;. The fourth-order valence-corrected chi connectivity index (χ4v) is 1.35. The van der Waals surface area contributed by atoms with Gasteiger partial charge in [-0.15, -0.1) is 0 Å². The molecule has 0 radical (unpaired) electrons. The van der Waals surface area contributed by atoms with E-state index < -0.39 is 10.1 Å². The molecular formula is C6H8BrInO3S. The molecule has 0 aliphatic rings. The summed E-state index contributed by atoms with van der Waals surface area (Å²) in [6, 6.07) is 5.73. The van der Waals surface area contributed by atoms with E-state index >= 15 is 0 Å². The van der Waals surface area contributed by atoms with Crippen molar-refractivity contribution < 1.29 is 13.0 Å². The average molecular weight is 355 g/mol. The SMILES string of the molecule is O=S(=O)(O)c1ccc(Br)cc1.[InH3]. The molecule has 0 aliphatic heterocycles. The molecule has 0 fully saturated rings. The molecule has 0 amide bonds. The van der Waals surface area contributed by atoms with Crippen molar-refractivity contribution in [2.45, 2.75) is 4.90 Å². The van der Waals surface area contributed by atoms with E-state index in [4.69, 9.17) is 4.55 Å². The van der Waals surface area contributed by atoms with Crippen LogP contribution in [0.2, 0.25) is 0 Å². The molecule has 0 spiro atoms. The summed E-state index contributed by atoms with van der Waals surface area (Å²) >= 11 is 3.14. The van der Waals surface area contributed by atoms with Crippen LogP contribution < -0.4 is 0 Å². The van der Waals surface area contributed by atoms with Crippen molar-refractivity contribution in [1.29, 1.82) is 0 Å². The maximum absolute atomic E-state index is 10.5. The first kappa shape index (κ1) is 12.5. The van der Waals surface area contributed by atoms with Gasteiger partial charge in [-0.2, -0.15) is 8.42 Å². The topological polar surface area (TPSA) is 54.4 Å². The number of hydrogen-bond donors (Lipinski definition) is 1. The molecule has 0 aromatic heterocycles. The van der Waals surface area contributed by atoms with Crippen LogP contribution in [0, 0.1) is 0 Å². The summed E-state index contributed by atoms with van der Waals surface area (Å²) in [5.74, 6) is 0. The summed E-state index contributed by atoms with van der Waals surface area (Å²) in [6.07, 6.45) is 0. The zero-order chi connectivity index (χ0) is 8.48. The predicted molar refractivity (Wildman–Crippen MR) is 53.9 cm³/mol. The van der Waals surface area contributed by atoms with Crippen molar-refractivity contribution in [2.24, 2.45) is 0 Å². The summed E-state index contributed by atoms with van der Waals surface area (Å²) in [5.41, 5.74) is 0. The number of hydrogen-bond acceptors (Lipinski definition) is 2. The van der Waals surface area contributed by atoms with E-state index in [-0.39, 0.29) is 30.7 Å². The molecule has 6 heteroatoms. The van der Waals surface area contributed by atoms with Crippen molar-refractivity contribution in [3.05, 3.63) is 28.7 Å². The van der Waals surface area contributed by atoms with E-state index in [1.807, 2.05) is 0 Å². The molecule has 3 nitrogen and oxygen atoms in total. The molecular weight excluding hydrogens is 347 g/mol. The van der Waals surface area contributed by atoms with Crippen molar-refractivity contribution in [2.75, 3.05) is 0 Å². The quantitative estimate of drug-likeness (QED) is 0.748. The Hall–Kier alpha value is 0.480. The minimum atomic E-state index is -4.04. The van der Waals surface area contributed by atoms with Gasteiger partial charge in [-0.05, 0) is 24.3 Å². The van der Waals surface area contributed by atoms with Crippen LogP contribution in [-0.2, 0) is 10.1 Å². The fourth-order valence-electron chi connectivity index (χ4n) is 0.607. The van der Waals surface area contributed by atoms with E-state index in [2.05, 4.69) is 15.9 Å². The third-order valence-electron chi connectivity index (χ3n) is 1.11. The molecule has 1 aromatic carbocycles. The molecule has 66 valence electrons. The first-order valence-electron chi connectivity index (χ1n) is 2.73. The van der Waals surface area contributed by atoms with Crippen LogP contribution in [0.5, 0.6) is 0 Å². The number of rotatable bonds is 1. The van der Waals surface area contributed by atoms with E-state index in [0.29, 0.717) is 0 Å². The molecule has 0 heterocycles. The summed E-state index contributed by atoms with van der Waals surface area (Å²) in [5, 5.41) is 0. The third-order valence-corrected chi connectivity index (χ3v) is 2.51. The van der Waals surface area contributed by atoms with Crippen LogP contribution >= 0.6 is 15.9 Å². The number of halogens is 1. The second-order valence-corrected chi connectivity index (χ2v) is 4.27. The third kappa shape index (κ3) is 3.47. The zero-order valence-corrected chi connectivity index (χ0v) is 7.76. The summed E-state index contributed by atoms with van der Waals surface area (Å²) in [7, 11) is -4.04. The van der Waals surface area contributed by atoms with Gasteiger partial charge >= 0.3 is 25.8 Å². The second-order valence-electron chi connectivity index (χ2n) is 1.93. The molecule has 0 saturated heterocycles. The Morgan fingerprint density at radius 1 is 1.17 bits per heavy atom. The summed E-state index contributed by atoms with van der Waals surface area (Å²) in [4.78, 5) is -0.0966. The summed E-state index contributed by atoms with van der Waals surface area (Å²) < 4.78 is 30.3. The molecule has 1 aromatic rings. The maximum atomic E-state index is 10.5. The van der Waals surface area contributed by atoms with Gasteiger partial charge in [0.1, 0.15) is 0 Å². The van der Waals surface area contributed by atoms with E-state index in [1.165, 1.54) is 12.1 Å². The first-order chi connectivity index (χ1) is 5.00. The van der Waals surface area contributed by atoms with Crippen LogP contribution in [0.1, 0.15) is 0 Å². The van der Waals surface area contributed by atoms with Gasteiger partial charge < -0.3 is 0 Å². The Kier molecular flexibility index (Phi) is 4.83. The Bertz CT molecular complexity index is 346. The van der Waals surface area contributed by atoms with Crippen molar-refractivity contribution in [3.8, 4) is 0 Å². The van der Waals surface area contributed by atoms with Gasteiger partial charge in [0.2, 0.25) is 0 Å². The van der Waals surface area contributed by atoms with Crippen LogP contribution in [0.4, 0.5) is 0 Å². The first-order valence-corrected chi connectivity index (χ1v) is 4.96. The van der Waals surface area contributed by atoms with Crippen LogP contribution in [0.3, 0.4) is 0 Å². The summed E-state index contributed by atoms with van der Waals surface area (Å²) in [6.45, 7) is 0. The van der Waals surface area contributed by atoms with Gasteiger partial charge in [0, 0.05) is 4.47 Å². The Labute approximate surface area is 97.8 Å². The molecule has 1 rings (SSSR count).